The Hall–Kier alpha value is -3.03. The SMILES string of the molecule is CC(=O)NCC(=O)N1CCCC1c1nc(C)c2c(n1)N(Cc1ccc(F)cc1)CCC2. The summed E-state index contributed by atoms with van der Waals surface area (Å²) < 4.78 is 13.3. The first-order valence-electron chi connectivity index (χ1n) is 10.8. The van der Waals surface area contributed by atoms with E-state index in [1.807, 2.05) is 6.92 Å². The van der Waals surface area contributed by atoms with Crippen molar-refractivity contribution in [1.82, 2.24) is 20.2 Å². The maximum absolute atomic E-state index is 13.3. The third kappa shape index (κ3) is 4.68. The van der Waals surface area contributed by atoms with E-state index in [2.05, 4.69) is 10.2 Å². The van der Waals surface area contributed by atoms with Crippen molar-refractivity contribution < 1.29 is 14.0 Å². The predicted molar refractivity (Wildman–Crippen MR) is 115 cm³/mol. The van der Waals surface area contributed by atoms with Gasteiger partial charge in [-0.2, -0.15) is 0 Å². The van der Waals surface area contributed by atoms with Gasteiger partial charge in [0, 0.05) is 37.8 Å². The van der Waals surface area contributed by atoms with Gasteiger partial charge in [-0.05, 0) is 50.3 Å². The first kappa shape index (κ1) is 21.2. The van der Waals surface area contributed by atoms with E-state index in [1.165, 1.54) is 19.1 Å². The van der Waals surface area contributed by atoms with Crippen LogP contribution in [0.2, 0.25) is 0 Å². The summed E-state index contributed by atoms with van der Waals surface area (Å²) in [6, 6.07) is 6.39. The van der Waals surface area contributed by atoms with Crippen molar-refractivity contribution in [3.63, 3.8) is 0 Å². The van der Waals surface area contributed by atoms with Gasteiger partial charge in [-0.3, -0.25) is 9.59 Å². The van der Waals surface area contributed by atoms with Crippen LogP contribution in [0.25, 0.3) is 0 Å². The fourth-order valence-corrected chi connectivity index (χ4v) is 4.46. The second-order valence-corrected chi connectivity index (χ2v) is 8.28. The molecule has 2 aliphatic heterocycles. The fraction of sp³-hybridized carbons (Fsp3) is 0.478. The molecular weight excluding hydrogens is 397 g/mol. The molecule has 0 bridgehead atoms. The number of aromatic nitrogens is 2. The molecular formula is C23H28FN5O2. The summed E-state index contributed by atoms with van der Waals surface area (Å²) in [6.45, 7) is 5.56. The van der Waals surface area contributed by atoms with Gasteiger partial charge in [0.15, 0.2) is 5.82 Å². The highest BCUT2D eigenvalue weighted by molar-refractivity contribution is 5.84. The number of amides is 2. The molecule has 1 atom stereocenters. The Balaban J connectivity index is 1.60. The molecule has 31 heavy (non-hydrogen) atoms. The second-order valence-electron chi connectivity index (χ2n) is 8.28. The molecule has 1 N–H and O–H groups in total. The molecule has 1 unspecified atom stereocenters. The molecule has 1 saturated heterocycles. The van der Waals surface area contributed by atoms with E-state index in [0.717, 1.165) is 54.9 Å². The van der Waals surface area contributed by atoms with Crippen LogP contribution < -0.4 is 10.2 Å². The number of anilines is 1. The van der Waals surface area contributed by atoms with Gasteiger partial charge in [-0.15, -0.1) is 0 Å². The van der Waals surface area contributed by atoms with Crippen molar-refractivity contribution in [1.29, 1.82) is 0 Å². The van der Waals surface area contributed by atoms with E-state index >= 15 is 0 Å². The molecule has 1 aromatic carbocycles. The number of carbonyl (C=O) groups excluding carboxylic acids is 2. The Kier molecular flexibility index (Phi) is 6.15. The summed E-state index contributed by atoms with van der Waals surface area (Å²) in [5.41, 5.74) is 3.12. The van der Waals surface area contributed by atoms with E-state index in [-0.39, 0.29) is 30.2 Å². The minimum absolute atomic E-state index is 0.00749. The Bertz CT molecular complexity index is 979. The minimum atomic E-state index is -0.242. The maximum Gasteiger partial charge on any atom is 0.242 e. The van der Waals surface area contributed by atoms with E-state index in [0.29, 0.717) is 18.9 Å². The van der Waals surface area contributed by atoms with Crippen LogP contribution in [0.5, 0.6) is 0 Å². The van der Waals surface area contributed by atoms with Crippen LogP contribution in [-0.2, 0) is 22.6 Å². The van der Waals surface area contributed by atoms with Crippen LogP contribution in [0.4, 0.5) is 10.2 Å². The summed E-state index contributed by atoms with van der Waals surface area (Å²) >= 11 is 0. The van der Waals surface area contributed by atoms with Crippen molar-refractivity contribution in [3.8, 4) is 0 Å². The monoisotopic (exact) mass is 425 g/mol. The summed E-state index contributed by atoms with van der Waals surface area (Å²) in [5.74, 6) is 1.00. The highest BCUT2D eigenvalue weighted by atomic mass is 19.1. The number of nitrogens with one attached hydrogen (secondary N) is 1. The molecule has 3 heterocycles. The number of halogens is 1. The first-order valence-corrected chi connectivity index (χ1v) is 10.8. The third-order valence-corrected chi connectivity index (χ3v) is 6.01. The molecule has 1 aromatic heterocycles. The van der Waals surface area contributed by atoms with Crippen molar-refractivity contribution in [2.45, 2.75) is 52.1 Å². The average Bonchev–Trinajstić information content (AvgIpc) is 3.24. The van der Waals surface area contributed by atoms with Crippen molar-refractivity contribution in [3.05, 3.63) is 52.7 Å². The van der Waals surface area contributed by atoms with Crippen LogP contribution >= 0.6 is 0 Å². The van der Waals surface area contributed by atoms with E-state index in [9.17, 15) is 14.0 Å². The Labute approximate surface area is 181 Å². The number of aryl methyl sites for hydroxylation is 1. The topological polar surface area (TPSA) is 78.4 Å². The lowest BCUT2D eigenvalue weighted by atomic mass is 10.0. The molecule has 164 valence electrons. The standard InChI is InChI=1S/C23H28FN5O2/c1-15-19-5-3-11-28(14-17-7-9-18(24)10-8-17)23(19)27-22(26-15)20-6-4-12-29(20)21(31)13-25-16(2)30/h7-10,20H,3-6,11-14H2,1-2H3,(H,25,30). The average molecular weight is 426 g/mol. The Morgan fingerprint density at radius 1 is 1.16 bits per heavy atom. The van der Waals surface area contributed by atoms with E-state index < -0.39 is 0 Å². The number of fused-ring (bicyclic) bond motifs is 1. The van der Waals surface area contributed by atoms with Crippen LogP contribution in [0.3, 0.4) is 0 Å². The summed E-state index contributed by atoms with van der Waals surface area (Å²) in [7, 11) is 0. The fourth-order valence-electron chi connectivity index (χ4n) is 4.46. The first-order chi connectivity index (χ1) is 14.9. The van der Waals surface area contributed by atoms with Crippen molar-refractivity contribution in [2.75, 3.05) is 24.5 Å². The van der Waals surface area contributed by atoms with Gasteiger partial charge in [0.25, 0.3) is 0 Å². The zero-order valence-electron chi connectivity index (χ0n) is 18.0. The normalized spacial score (nSPS) is 18.1. The molecule has 8 heteroatoms. The molecule has 7 nitrogen and oxygen atoms in total. The maximum atomic E-state index is 13.3. The molecule has 2 aromatic rings. The Morgan fingerprint density at radius 2 is 1.94 bits per heavy atom. The van der Waals surface area contributed by atoms with Crippen LogP contribution in [0.1, 0.15) is 54.9 Å². The molecule has 0 spiro atoms. The molecule has 2 aliphatic rings. The number of likely N-dealkylation sites (tertiary alicyclic amines) is 1. The lowest BCUT2D eigenvalue weighted by molar-refractivity contribution is -0.133. The van der Waals surface area contributed by atoms with E-state index in [1.54, 1.807) is 17.0 Å². The van der Waals surface area contributed by atoms with Crippen LogP contribution in [-0.4, -0.2) is 46.3 Å². The molecule has 4 rings (SSSR count). The van der Waals surface area contributed by atoms with Crippen molar-refractivity contribution in [2.24, 2.45) is 0 Å². The van der Waals surface area contributed by atoms with Gasteiger partial charge in [0.2, 0.25) is 11.8 Å². The van der Waals surface area contributed by atoms with E-state index in [4.69, 9.17) is 9.97 Å². The summed E-state index contributed by atoms with van der Waals surface area (Å²) in [6.07, 6.45) is 3.64. The molecule has 0 aliphatic carbocycles. The quantitative estimate of drug-likeness (QED) is 0.797. The van der Waals surface area contributed by atoms with Crippen molar-refractivity contribution >= 4 is 17.6 Å². The van der Waals surface area contributed by atoms with Crippen LogP contribution in [0.15, 0.2) is 24.3 Å². The lowest BCUT2D eigenvalue weighted by Crippen LogP contribution is -2.40. The van der Waals surface area contributed by atoms with Gasteiger partial charge < -0.3 is 15.1 Å². The number of benzene rings is 1. The number of nitrogens with zero attached hydrogens (tertiary/aromatic N) is 4. The summed E-state index contributed by atoms with van der Waals surface area (Å²) in [5, 5.41) is 2.59. The van der Waals surface area contributed by atoms with Gasteiger partial charge in [-0.1, -0.05) is 12.1 Å². The number of rotatable bonds is 5. The van der Waals surface area contributed by atoms with Gasteiger partial charge in [-0.25, -0.2) is 14.4 Å². The van der Waals surface area contributed by atoms with Crippen LogP contribution in [0, 0.1) is 12.7 Å². The van der Waals surface area contributed by atoms with Gasteiger partial charge in [0.1, 0.15) is 11.6 Å². The summed E-state index contributed by atoms with van der Waals surface area (Å²) in [4.78, 5) is 37.6. The largest absolute Gasteiger partial charge is 0.352 e. The molecule has 1 fully saturated rings. The third-order valence-electron chi connectivity index (χ3n) is 6.01. The van der Waals surface area contributed by atoms with Gasteiger partial charge >= 0.3 is 0 Å². The lowest BCUT2D eigenvalue weighted by Gasteiger charge is -2.32. The number of hydrogen-bond acceptors (Lipinski definition) is 5. The highest BCUT2D eigenvalue weighted by Crippen LogP contribution is 2.34. The zero-order chi connectivity index (χ0) is 22.0. The minimum Gasteiger partial charge on any atom is -0.352 e. The zero-order valence-corrected chi connectivity index (χ0v) is 18.0. The molecule has 2 amide bonds. The molecule has 0 radical (unpaired) electrons. The van der Waals surface area contributed by atoms with Gasteiger partial charge in [0.05, 0.1) is 12.6 Å². The Morgan fingerprint density at radius 3 is 2.68 bits per heavy atom. The highest BCUT2D eigenvalue weighted by Gasteiger charge is 2.33. The second kappa shape index (κ2) is 8.99. The number of carbonyl (C=O) groups is 2. The number of hydrogen-bond donors (Lipinski definition) is 1. The molecule has 0 saturated carbocycles. The smallest absolute Gasteiger partial charge is 0.242 e. The predicted octanol–water partition coefficient (Wildman–Crippen LogP) is 2.68.